The number of nitrogens with one attached hydrogen (secondary N) is 1. The molecule has 0 aromatic heterocycles. The largest absolute Gasteiger partial charge is 0.495 e. The number of anilines is 1. The number of carbonyl (C=O) groups excluding carboxylic acids is 1. The van der Waals surface area contributed by atoms with Crippen molar-refractivity contribution in [1.29, 1.82) is 0 Å². The number of alkyl halides is 6. The van der Waals surface area contributed by atoms with Crippen LogP contribution in [0.2, 0.25) is 0 Å². The molecule has 0 spiro atoms. The van der Waals surface area contributed by atoms with E-state index in [1.165, 1.54) is 23.5 Å². The van der Waals surface area contributed by atoms with Crippen molar-refractivity contribution in [3.05, 3.63) is 54.1 Å². The number of amides is 1. The zero-order valence-electron chi connectivity index (χ0n) is 15.8. The van der Waals surface area contributed by atoms with E-state index < -0.39 is 51.8 Å². The van der Waals surface area contributed by atoms with Crippen molar-refractivity contribution in [3.8, 4) is 5.75 Å². The van der Waals surface area contributed by atoms with Gasteiger partial charge in [-0.3, -0.25) is 9.10 Å². The van der Waals surface area contributed by atoms with E-state index in [1.54, 1.807) is 0 Å². The summed E-state index contributed by atoms with van der Waals surface area (Å²) in [5.41, 5.74) is -1.82. The fourth-order valence-corrected chi connectivity index (χ4v) is 4.21. The van der Waals surface area contributed by atoms with E-state index in [1.807, 2.05) is 0 Å². The van der Waals surface area contributed by atoms with Gasteiger partial charge in [0.15, 0.2) is 0 Å². The first-order valence-electron chi connectivity index (χ1n) is 8.43. The average molecular weight is 470 g/mol. The third kappa shape index (κ3) is 6.03. The minimum Gasteiger partial charge on any atom is -0.495 e. The fraction of sp³-hybridized carbons (Fsp3) is 0.278. The van der Waals surface area contributed by atoms with Crippen molar-refractivity contribution in [1.82, 2.24) is 5.32 Å². The number of hydrogen-bond donors (Lipinski definition) is 1. The van der Waals surface area contributed by atoms with Gasteiger partial charge >= 0.3 is 12.4 Å². The van der Waals surface area contributed by atoms with Crippen molar-refractivity contribution < 1.29 is 44.3 Å². The van der Waals surface area contributed by atoms with Gasteiger partial charge in [0, 0.05) is 0 Å². The molecule has 0 aliphatic heterocycles. The lowest BCUT2D eigenvalue weighted by Gasteiger charge is -2.27. The first kappa shape index (κ1) is 24.3. The normalized spacial score (nSPS) is 12.4. The zero-order valence-corrected chi connectivity index (χ0v) is 16.6. The van der Waals surface area contributed by atoms with E-state index in [9.17, 15) is 39.6 Å². The Kier molecular flexibility index (Phi) is 7.09. The number of nitrogens with zero attached hydrogens (tertiary/aromatic N) is 1. The van der Waals surface area contributed by atoms with Gasteiger partial charge in [-0.15, -0.1) is 0 Å². The van der Waals surface area contributed by atoms with E-state index in [2.05, 4.69) is 0 Å². The van der Waals surface area contributed by atoms with Crippen LogP contribution >= 0.6 is 0 Å². The van der Waals surface area contributed by atoms with Gasteiger partial charge in [-0.25, -0.2) is 8.42 Å². The highest BCUT2D eigenvalue weighted by molar-refractivity contribution is 7.93. The van der Waals surface area contributed by atoms with Crippen LogP contribution < -0.4 is 14.4 Å². The molecule has 2 aromatic rings. The number of ether oxygens (including phenoxy) is 1. The Morgan fingerprint density at radius 3 is 2.16 bits per heavy atom. The quantitative estimate of drug-likeness (QED) is 0.628. The van der Waals surface area contributed by atoms with E-state index in [-0.39, 0.29) is 15.7 Å². The lowest BCUT2D eigenvalue weighted by Crippen LogP contribution is -2.44. The van der Waals surface area contributed by atoms with Crippen molar-refractivity contribution in [2.75, 3.05) is 24.5 Å². The van der Waals surface area contributed by atoms with Crippen LogP contribution in [0.1, 0.15) is 5.56 Å². The summed E-state index contributed by atoms with van der Waals surface area (Å²) in [7, 11) is -3.91. The SMILES string of the molecule is COc1ccccc1N(CC(=O)NCC(F)(F)F)S(=O)(=O)c1ccccc1C(F)(F)F. The van der Waals surface area contributed by atoms with Crippen molar-refractivity contribution >= 4 is 21.6 Å². The predicted octanol–water partition coefficient (Wildman–Crippen LogP) is 3.59. The first-order chi connectivity index (χ1) is 14.3. The molecule has 170 valence electrons. The molecule has 0 bridgehead atoms. The van der Waals surface area contributed by atoms with E-state index in [0.717, 1.165) is 25.3 Å². The molecule has 1 amide bonds. The van der Waals surface area contributed by atoms with Gasteiger partial charge in [0.1, 0.15) is 18.8 Å². The number of carbonyl (C=O) groups is 1. The van der Waals surface area contributed by atoms with E-state index in [0.29, 0.717) is 12.1 Å². The molecule has 0 atom stereocenters. The molecule has 0 fully saturated rings. The molecule has 0 saturated heterocycles. The number of methoxy groups -OCH3 is 1. The second-order valence-electron chi connectivity index (χ2n) is 6.07. The molecule has 0 heterocycles. The lowest BCUT2D eigenvalue weighted by atomic mass is 10.2. The van der Waals surface area contributed by atoms with Gasteiger partial charge in [-0.1, -0.05) is 24.3 Å². The minimum absolute atomic E-state index is 0.126. The standard InChI is InChI=1S/C18H16F6N2O4S/c1-30-14-8-4-3-7-13(14)26(10-16(27)25-11-17(19,20)21)31(28,29)15-9-5-2-6-12(15)18(22,23)24/h2-9H,10-11H2,1H3,(H,25,27). The molecule has 13 heteroatoms. The summed E-state index contributed by atoms with van der Waals surface area (Å²) >= 11 is 0. The average Bonchev–Trinajstić information content (AvgIpc) is 2.69. The number of para-hydroxylation sites is 2. The fourth-order valence-electron chi connectivity index (χ4n) is 2.57. The number of hydrogen-bond acceptors (Lipinski definition) is 4. The molecule has 2 aromatic carbocycles. The molecular formula is C18H16F6N2O4S. The summed E-state index contributed by atoms with van der Waals surface area (Å²) in [5, 5.41) is 1.50. The number of halogens is 6. The zero-order chi connectivity index (χ0) is 23.4. The predicted molar refractivity (Wildman–Crippen MR) is 98.0 cm³/mol. The first-order valence-corrected chi connectivity index (χ1v) is 9.87. The molecule has 0 aliphatic carbocycles. The van der Waals surface area contributed by atoms with Crippen molar-refractivity contribution in [2.45, 2.75) is 17.2 Å². The third-order valence-electron chi connectivity index (χ3n) is 3.89. The maximum absolute atomic E-state index is 13.4. The van der Waals surface area contributed by atoms with Gasteiger partial charge in [0.25, 0.3) is 10.0 Å². The Hall–Kier alpha value is -2.96. The second kappa shape index (κ2) is 9.04. The smallest absolute Gasteiger partial charge is 0.417 e. The molecule has 0 unspecified atom stereocenters. The minimum atomic E-state index is -5.06. The summed E-state index contributed by atoms with van der Waals surface area (Å²) in [5.74, 6) is -1.50. The highest BCUT2D eigenvalue weighted by atomic mass is 32.2. The summed E-state index contributed by atoms with van der Waals surface area (Å²) in [6.45, 7) is -2.96. The highest BCUT2D eigenvalue weighted by Crippen LogP contribution is 2.38. The van der Waals surface area contributed by atoms with Gasteiger partial charge in [-0.05, 0) is 24.3 Å². The molecule has 6 nitrogen and oxygen atoms in total. The third-order valence-corrected chi connectivity index (χ3v) is 5.71. The van der Waals surface area contributed by atoms with Crippen LogP contribution in [0, 0.1) is 0 Å². The Bertz CT molecular complexity index is 1040. The molecule has 2 rings (SSSR count). The van der Waals surface area contributed by atoms with Crippen molar-refractivity contribution in [2.24, 2.45) is 0 Å². The van der Waals surface area contributed by atoms with E-state index >= 15 is 0 Å². The van der Waals surface area contributed by atoms with Gasteiger partial charge in [-0.2, -0.15) is 26.3 Å². The molecule has 0 aliphatic rings. The molecule has 0 saturated carbocycles. The monoisotopic (exact) mass is 470 g/mol. The summed E-state index contributed by atoms with van der Waals surface area (Å²) < 4.78 is 109. The number of rotatable bonds is 7. The van der Waals surface area contributed by atoms with Crippen LogP contribution in [-0.2, 0) is 21.0 Å². The van der Waals surface area contributed by atoms with Crippen LogP contribution in [0.3, 0.4) is 0 Å². The summed E-state index contributed by atoms with van der Waals surface area (Å²) in [6.07, 6.45) is -9.82. The molecule has 1 N–H and O–H groups in total. The van der Waals surface area contributed by atoms with Gasteiger partial charge < -0.3 is 10.1 Å². The van der Waals surface area contributed by atoms with Crippen LogP contribution in [0.15, 0.2) is 53.4 Å². The second-order valence-corrected chi connectivity index (χ2v) is 7.90. The maximum Gasteiger partial charge on any atom is 0.417 e. The van der Waals surface area contributed by atoms with Crippen LogP contribution in [0.4, 0.5) is 32.0 Å². The van der Waals surface area contributed by atoms with E-state index in [4.69, 9.17) is 4.74 Å². The highest BCUT2D eigenvalue weighted by Gasteiger charge is 2.40. The Labute approximate surface area is 173 Å². The molecule has 31 heavy (non-hydrogen) atoms. The van der Waals surface area contributed by atoms with Crippen LogP contribution in [0.25, 0.3) is 0 Å². The van der Waals surface area contributed by atoms with Gasteiger partial charge in [0.05, 0.1) is 23.3 Å². The maximum atomic E-state index is 13.4. The topological polar surface area (TPSA) is 75.7 Å². The summed E-state index contributed by atoms with van der Waals surface area (Å²) in [6, 6.07) is 8.43. The van der Waals surface area contributed by atoms with Crippen molar-refractivity contribution in [3.63, 3.8) is 0 Å². The van der Waals surface area contributed by atoms with Crippen LogP contribution in [-0.4, -0.2) is 40.7 Å². The number of sulfonamides is 1. The van der Waals surface area contributed by atoms with Gasteiger partial charge in [0.2, 0.25) is 5.91 Å². The lowest BCUT2D eigenvalue weighted by molar-refractivity contribution is -0.139. The van der Waals surface area contributed by atoms with Crippen LogP contribution in [0.5, 0.6) is 5.75 Å². The Morgan fingerprint density at radius 1 is 1.00 bits per heavy atom. The number of benzene rings is 2. The summed E-state index contributed by atoms with van der Waals surface area (Å²) in [4.78, 5) is 10.9. The molecular weight excluding hydrogens is 454 g/mol. The molecule has 0 radical (unpaired) electrons. The Morgan fingerprint density at radius 2 is 1.58 bits per heavy atom. The Balaban J connectivity index is 2.59.